The van der Waals surface area contributed by atoms with Crippen LogP contribution in [-0.2, 0) is 4.74 Å². The van der Waals surface area contributed by atoms with Crippen molar-refractivity contribution in [3.8, 4) is 0 Å². The van der Waals surface area contributed by atoms with Crippen LogP contribution in [0.1, 0.15) is 26.3 Å². The van der Waals surface area contributed by atoms with E-state index in [1.807, 2.05) is 24.3 Å². The van der Waals surface area contributed by atoms with E-state index in [4.69, 9.17) is 0 Å². The molecular weight excluding hydrogens is 306 g/mol. The van der Waals surface area contributed by atoms with Crippen LogP contribution in [0.15, 0.2) is 59.8 Å². The molecule has 0 saturated carbocycles. The lowest BCUT2D eigenvalue weighted by Crippen LogP contribution is -2.17. The lowest BCUT2D eigenvalue weighted by molar-refractivity contribution is 0.0600. The number of para-hydroxylation sites is 1. The summed E-state index contributed by atoms with van der Waals surface area (Å²) in [5.41, 5.74) is 5.13. The van der Waals surface area contributed by atoms with Crippen molar-refractivity contribution in [3.05, 3.63) is 71.4 Å². The fraction of sp³-hybridized carbons (Fsp3) is 0.0556. The minimum Gasteiger partial charge on any atom is -0.465 e. The van der Waals surface area contributed by atoms with Crippen molar-refractivity contribution >= 4 is 29.0 Å². The van der Waals surface area contributed by atoms with Gasteiger partial charge in [-0.05, 0) is 23.8 Å². The number of aromatic nitrogens is 1. The Hall–Kier alpha value is -3.41. The van der Waals surface area contributed by atoms with Gasteiger partial charge in [-0.15, -0.1) is 0 Å². The molecule has 0 saturated heterocycles. The normalized spacial score (nSPS) is 10.9. The molecule has 0 fully saturated rings. The molecule has 120 valence electrons. The molecule has 1 aromatic heterocycles. The van der Waals surface area contributed by atoms with Gasteiger partial charge in [-0.25, -0.2) is 10.2 Å². The molecule has 0 bridgehead atoms. The van der Waals surface area contributed by atoms with Gasteiger partial charge in [-0.1, -0.05) is 30.3 Å². The topological polar surface area (TPSA) is 83.5 Å². The molecule has 0 radical (unpaired) electrons. The van der Waals surface area contributed by atoms with Crippen molar-refractivity contribution < 1.29 is 14.3 Å². The fourth-order valence-electron chi connectivity index (χ4n) is 2.31. The van der Waals surface area contributed by atoms with Crippen LogP contribution in [0.4, 0.5) is 0 Å². The van der Waals surface area contributed by atoms with E-state index in [1.54, 1.807) is 30.5 Å². The standard InChI is InChI=1S/C18H15N3O3/c1-24-18(23)13-8-6-12(7-9-13)10-20-21-17(22)15-11-19-16-5-3-2-4-14(15)16/h2-11,19H,1H3,(H,21,22)/b20-10+. The lowest BCUT2D eigenvalue weighted by atomic mass is 10.1. The number of benzene rings is 2. The van der Waals surface area contributed by atoms with Gasteiger partial charge in [-0.2, -0.15) is 5.10 Å². The number of carbonyl (C=O) groups excluding carboxylic acids is 2. The number of H-pyrrole nitrogens is 1. The number of hydrogen-bond donors (Lipinski definition) is 2. The summed E-state index contributed by atoms with van der Waals surface area (Å²) in [5, 5.41) is 4.78. The summed E-state index contributed by atoms with van der Waals surface area (Å²) < 4.78 is 4.63. The maximum absolute atomic E-state index is 12.2. The lowest BCUT2D eigenvalue weighted by Gasteiger charge is -2.00. The monoisotopic (exact) mass is 321 g/mol. The Morgan fingerprint density at radius 2 is 1.88 bits per heavy atom. The number of amides is 1. The molecule has 2 aromatic carbocycles. The van der Waals surface area contributed by atoms with E-state index >= 15 is 0 Å². The average Bonchev–Trinajstić information content (AvgIpc) is 3.06. The molecule has 0 unspecified atom stereocenters. The Morgan fingerprint density at radius 3 is 2.62 bits per heavy atom. The quantitative estimate of drug-likeness (QED) is 0.440. The van der Waals surface area contributed by atoms with E-state index in [0.717, 1.165) is 16.5 Å². The van der Waals surface area contributed by atoms with Crippen LogP contribution in [0.2, 0.25) is 0 Å². The zero-order chi connectivity index (χ0) is 16.9. The summed E-state index contributed by atoms with van der Waals surface area (Å²) in [5.74, 6) is -0.694. The summed E-state index contributed by atoms with van der Waals surface area (Å²) >= 11 is 0. The van der Waals surface area contributed by atoms with Crippen molar-refractivity contribution in [3.63, 3.8) is 0 Å². The molecule has 1 amide bonds. The van der Waals surface area contributed by atoms with E-state index in [9.17, 15) is 9.59 Å². The third-order valence-electron chi connectivity index (χ3n) is 3.55. The number of ether oxygens (including phenoxy) is 1. The Bertz CT molecular complexity index is 911. The second-order valence-electron chi connectivity index (χ2n) is 5.06. The van der Waals surface area contributed by atoms with Gasteiger partial charge in [-0.3, -0.25) is 4.79 Å². The van der Waals surface area contributed by atoms with E-state index in [-0.39, 0.29) is 5.91 Å². The maximum atomic E-state index is 12.2. The molecule has 3 rings (SSSR count). The number of hydrogen-bond acceptors (Lipinski definition) is 4. The van der Waals surface area contributed by atoms with Gasteiger partial charge in [0.15, 0.2) is 0 Å². The summed E-state index contributed by atoms with van der Waals surface area (Å²) in [4.78, 5) is 26.6. The molecular formula is C18H15N3O3. The molecule has 0 atom stereocenters. The number of methoxy groups -OCH3 is 1. The highest BCUT2D eigenvalue weighted by molar-refractivity contribution is 6.06. The Kier molecular flexibility index (Phi) is 4.38. The second-order valence-corrected chi connectivity index (χ2v) is 5.06. The van der Waals surface area contributed by atoms with Gasteiger partial charge in [0.2, 0.25) is 0 Å². The highest BCUT2D eigenvalue weighted by Crippen LogP contribution is 2.17. The summed E-state index contributed by atoms with van der Waals surface area (Å²) in [6.07, 6.45) is 3.16. The molecule has 1 heterocycles. The van der Waals surface area contributed by atoms with E-state index in [1.165, 1.54) is 13.3 Å². The maximum Gasteiger partial charge on any atom is 0.337 e. The van der Waals surface area contributed by atoms with Crippen LogP contribution in [0.5, 0.6) is 0 Å². The predicted molar refractivity (Wildman–Crippen MR) is 91.1 cm³/mol. The van der Waals surface area contributed by atoms with Crippen molar-refractivity contribution in [1.29, 1.82) is 0 Å². The third kappa shape index (κ3) is 3.17. The second kappa shape index (κ2) is 6.78. The van der Waals surface area contributed by atoms with Gasteiger partial charge in [0, 0.05) is 17.1 Å². The van der Waals surface area contributed by atoms with Crippen molar-refractivity contribution in [2.75, 3.05) is 7.11 Å². The van der Waals surface area contributed by atoms with Gasteiger partial charge in [0.1, 0.15) is 0 Å². The van der Waals surface area contributed by atoms with Crippen molar-refractivity contribution in [2.45, 2.75) is 0 Å². The minimum absolute atomic E-state index is 0.296. The van der Waals surface area contributed by atoms with Gasteiger partial charge >= 0.3 is 5.97 Å². The number of aromatic amines is 1. The van der Waals surface area contributed by atoms with Gasteiger partial charge in [0.25, 0.3) is 5.91 Å². The number of esters is 1. The van der Waals surface area contributed by atoms with Crippen LogP contribution in [0, 0.1) is 0 Å². The first-order valence-electron chi connectivity index (χ1n) is 7.27. The molecule has 0 aliphatic rings. The molecule has 0 aliphatic heterocycles. The molecule has 24 heavy (non-hydrogen) atoms. The fourth-order valence-corrected chi connectivity index (χ4v) is 2.31. The number of hydrazone groups is 1. The van der Waals surface area contributed by atoms with E-state index < -0.39 is 5.97 Å². The predicted octanol–water partition coefficient (Wildman–Crippen LogP) is 2.72. The third-order valence-corrected chi connectivity index (χ3v) is 3.55. The molecule has 6 nitrogen and oxygen atoms in total. The Morgan fingerprint density at radius 1 is 1.12 bits per heavy atom. The number of nitrogens with zero attached hydrogens (tertiary/aromatic N) is 1. The van der Waals surface area contributed by atoms with E-state index in [2.05, 4.69) is 20.2 Å². The van der Waals surface area contributed by atoms with Crippen LogP contribution in [0.3, 0.4) is 0 Å². The zero-order valence-corrected chi connectivity index (χ0v) is 12.9. The van der Waals surface area contributed by atoms with Gasteiger partial charge < -0.3 is 9.72 Å². The minimum atomic E-state index is -0.397. The first kappa shape index (κ1) is 15.5. The number of nitrogens with one attached hydrogen (secondary N) is 2. The van der Waals surface area contributed by atoms with E-state index in [0.29, 0.717) is 11.1 Å². The Balaban J connectivity index is 1.67. The summed E-state index contributed by atoms with van der Waals surface area (Å²) in [6.45, 7) is 0. The summed E-state index contributed by atoms with van der Waals surface area (Å²) in [7, 11) is 1.33. The highest BCUT2D eigenvalue weighted by atomic mass is 16.5. The molecule has 0 spiro atoms. The first-order chi connectivity index (χ1) is 11.7. The SMILES string of the molecule is COC(=O)c1ccc(/C=N/NC(=O)c2c[nH]c3ccccc23)cc1. The van der Waals surface area contributed by atoms with Crippen LogP contribution in [-0.4, -0.2) is 30.2 Å². The first-order valence-corrected chi connectivity index (χ1v) is 7.27. The van der Waals surface area contributed by atoms with Crippen molar-refractivity contribution in [2.24, 2.45) is 5.10 Å². The van der Waals surface area contributed by atoms with Crippen molar-refractivity contribution in [1.82, 2.24) is 10.4 Å². The van der Waals surface area contributed by atoms with Crippen LogP contribution < -0.4 is 5.43 Å². The van der Waals surface area contributed by atoms with Crippen LogP contribution >= 0.6 is 0 Å². The highest BCUT2D eigenvalue weighted by Gasteiger charge is 2.10. The summed E-state index contributed by atoms with van der Waals surface area (Å²) in [6, 6.07) is 14.2. The number of rotatable bonds is 4. The van der Waals surface area contributed by atoms with Crippen LogP contribution in [0.25, 0.3) is 10.9 Å². The molecule has 2 N–H and O–H groups in total. The largest absolute Gasteiger partial charge is 0.465 e. The number of carbonyl (C=O) groups is 2. The number of fused-ring (bicyclic) bond motifs is 1. The molecule has 0 aliphatic carbocycles. The van der Waals surface area contributed by atoms with Gasteiger partial charge in [0.05, 0.1) is 24.5 Å². The smallest absolute Gasteiger partial charge is 0.337 e. The average molecular weight is 321 g/mol. The Labute approximate surface area is 138 Å². The molecule has 3 aromatic rings. The molecule has 6 heteroatoms. The zero-order valence-electron chi connectivity index (χ0n) is 12.9.